The first-order valence-electron chi connectivity index (χ1n) is 9.56. The Hall–Kier alpha value is -1.62. The van der Waals surface area contributed by atoms with Gasteiger partial charge in [0.05, 0.1) is 29.4 Å². The second-order valence-corrected chi connectivity index (χ2v) is 7.74. The van der Waals surface area contributed by atoms with Crippen LogP contribution in [-0.2, 0) is 17.1 Å². The molecule has 0 atom stereocenters. The van der Waals surface area contributed by atoms with Gasteiger partial charge in [0.2, 0.25) is 0 Å². The third-order valence-electron chi connectivity index (χ3n) is 3.57. The van der Waals surface area contributed by atoms with E-state index in [1.165, 1.54) is 0 Å². The molecule has 2 aromatic rings. The van der Waals surface area contributed by atoms with E-state index in [9.17, 15) is 0 Å². The van der Waals surface area contributed by atoms with Crippen molar-refractivity contribution in [2.75, 3.05) is 26.2 Å². The van der Waals surface area contributed by atoms with Gasteiger partial charge in [-0.1, -0.05) is 12.1 Å². The summed E-state index contributed by atoms with van der Waals surface area (Å²) in [5, 5.41) is 3.39. The van der Waals surface area contributed by atoms with Crippen LogP contribution in [0.15, 0.2) is 58.8 Å². The molecular formula is C19H25Cl2CuN5O8. The Bertz CT molecular complexity index is 770. The summed E-state index contributed by atoms with van der Waals surface area (Å²) in [6.07, 6.45) is 4.59. The monoisotopic (exact) mass is 584 g/mol. The molecule has 0 saturated heterocycles. The molecule has 1 radical (unpaired) electrons. The van der Waals surface area contributed by atoms with Crippen molar-refractivity contribution in [2.45, 2.75) is 20.3 Å². The van der Waals surface area contributed by atoms with Crippen LogP contribution in [0.1, 0.15) is 31.7 Å². The Morgan fingerprint density at radius 2 is 1.11 bits per heavy atom. The second kappa shape index (κ2) is 19.6. The quantitative estimate of drug-likeness (QED) is 0.164. The van der Waals surface area contributed by atoms with Crippen LogP contribution in [0, 0.1) is 20.5 Å². The molecule has 1 N–H and O–H groups in total. The maximum absolute atomic E-state index is 8.49. The third kappa shape index (κ3) is 26.8. The van der Waals surface area contributed by atoms with Crippen molar-refractivity contribution in [1.29, 1.82) is 0 Å². The van der Waals surface area contributed by atoms with Gasteiger partial charge in [-0.2, -0.15) is 0 Å². The Balaban J connectivity index is 0. The summed E-state index contributed by atoms with van der Waals surface area (Å²) in [6.45, 7) is 7.39. The molecule has 16 heteroatoms. The Kier molecular flexibility index (Phi) is 19.9. The molecule has 0 aromatic carbocycles. The van der Waals surface area contributed by atoms with Gasteiger partial charge >= 0.3 is 17.1 Å². The molecule has 2 heterocycles. The zero-order chi connectivity index (χ0) is 26.0. The number of hydrogen-bond acceptors (Lipinski definition) is 13. The minimum Gasteiger partial charge on any atom is -0.315 e. The van der Waals surface area contributed by atoms with E-state index in [1.807, 2.05) is 50.2 Å². The molecule has 0 unspecified atom stereocenters. The van der Waals surface area contributed by atoms with Gasteiger partial charge in [-0.25, -0.2) is 37.3 Å². The maximum Gasteiger partial charge on any atom is 2.00 e. The normalized spacial score (nSPS) is 11.9. The van der Waals surface area contributed by atoms with Gasteiger partial charge in [-0.05, 0) is 51.1 Å². The number of halogens is 2. The topological polar surface area (TPSA) is 247 Å². The van der Waals surface area contributed by atoms with Crippen LogP contribution in [0.5, 0.6) is 0 Å². The molecular weight excluding hydrogens is 561 g/mol. The summed E-state index contributed by atoms with van der Waals surface area (Å²) < 4.78 is 67.9. The summed E-state index contributed by atoms with van der Waals surface area (Å²) in [4.78, 5) is 17.7. The van der Waals surface area contributed by atoms with Gasteiger partial charge in [0.15, 0.2) is 0 Å². The number of pyridine rings is 2. The molecule has 0 spiro atoms. The molecule has 0 aliphatic heterocycles. The molecule has 0 aliphatic carbocycles. The Labute approximate surface area is 217 Å². The molecule has 0 amide bonds. The zero-order valence-electron chi connectivity index (χ0n) is 18.8. The summed E-state index contributed by atoms with van der Waals surface area (Å²) in [7, 11) is -9.89. The summed E-state index contributed by atoms with van der Waals surface area (Å²) in [5.74, 6) is 0. The average Bonchev–Trinajstić information content (AvgIpc) is 2.74. The minimum absolute atomic E-state index is 0. The van der Waals surface area contributed by atoms with E-state index in [-0.39, 0.29) is 17.1 Å². The standard InChI is InChI=1S/C19H25N5.2ClHO4.Cu/c1-16(18-8-3-5-11-23-18)21-13-7-10-20-14-15-22-17(2)19-9-4-6-12-24-19;2*2-1(3,4)5;/h3-6,8-9,11-12,20H,7,10,13-15H2,1-2H3;2*(H,2,3,4,5);/q;;;+2/p-2. The third-order valence-corrected chi connectivity index (χ3v) is 3.57. The van der Waals surface area contributed by atoms with Gasteiger partial charge in [0.1, 0.15) is 0 Å². The molecule has 0 fully saturated rings. The molecule has 2 aromatic heterocycles. The van der Waals surface area contributed by atoms with Crippen molar-refractivity contribution in [3.63, 3.8) is 0 Å². The van der Waals surface area contributed by atoms with Crippen LogP contribution in [0.4, 0.5) is 0 Å². The van der Waals surface area contributed by atoms with E-state index in [0.717, 1.165) is 55.4 Å². The van der Waals surface area contributed by atoms with E-state index in [4.69, 9.17) is 37.3 Å². The second-order valence-electron chi connectivity index (χ2n) is 6.22. The van der Waals surface area contributed by atoms with Crippen molar-refractivity contribution < 1.29 is 74.8 Å². The maximum atomic E-state index is 8.49. The van der Waals surface area contributed by atoms with Crippen LogP contribution >= 0.6 is 0 Å². The number of nitrogens with one attached hydrogen (secondary N) is 1. The van der Waals surface area contributed by atoms with E-state index in [2.05, 4.69) is 25.3 Å². The van der Waals surface area contributed by atoms with Crippen molar-refractivity contribution in [3.8, 4) is 0 Å². The van der Waals surface area contributed by atoms with E-state index in [1.54, 1.807) is 12.4 Å². The molecule has 13 nitrogen and oxygen atoms in total. The summed E-state index contributed by atoms with van der Waals surface area (Å²) >= 11 is 0. The van der Waals surface area contributed by atoms with Gasteiger partial charge in [0.25, 0.3) is 0 Å². The zero-order valence-corrected chi connectivity index (χ0v) is 21.2. The van der Waals surface area contributed by atoms with Crippen molar-refractivity contribution in [3.05, 3.63) is 60.2 Å². The van der Waals surface area contributed by atoms with E-state index < -0.39 is 20.5 Å². The fourth-order valence-electron chi connectivity index (χ4n) is 2.19. The van der Waals surface area contributed by atoms with Crippen LogP contribution in [0.3, 0.4) is 0 Å². The predicted octanol–water partition coefficient (Wildman–Crippen LogP) is -6.74. The van der Waals surface area contributed by atoms with Crippen LogP contribution < -0.4 is 42.6 Å². The van der Waals surface area contributed by atoms with Crippen molar-refractivity contribution in [2.24, 2.45) is 9.98 Å². The summed E-state index contributed by atoms with van der Waals surface area (Å²) in [6, 6.07) is 11.8. The van der Waals surface area contributed by atoms with Crippen molar-refractivity contribution in [1.82, 2.24) is 15.3 Å². The van der Waals surface area contributed by atoms with E-state index >= 15 is 0 Å². The number of aliphatic imine (C=N–C) groups is 2. The number of nitrogens with zero attached hydrogens (tertiary/aromatic N) is 4. The first kappa shape index (κ1) is 35.5. The van der Waals surface area contributed by atoms with Gasteiger partial charge in [-0.15, -0.1) is 20.5 Å². The van der Waals surface area contributed by atoms with Crippen LogP contribution in [0.25, 0.3) is 0 Å². The molecule has 0 bridgehead atoms. The molecule has 2 rings (SSSR count). The summed E-state index contributed by atoms with van der Waals surface area (Å²) in [5.41, 5.74) is 3.86. The first-order valence-corrected chi connectivity index (χ1v) is 12.0. The fourth-order valence-corrected chi connectivity index (χ4v) is 2.19. The minimum atomic E-state index is -4.94. The molecule has 0 saturated carbocycles. The van der Waals surface area contributed by atoms with Crippen LogP contribution in [-0.4, -0.2) is 47.6 Å². The Morgan fingerprint density at radius 3 is 1.49 bits per heavy atom. The van der Waals surface area contributed by atoms with E-state index in [0.29, 0.717) is 0 Å². The van der Waals surface area contributed by atoms with Gasteiger partial charge in [0, 0.05) is 25.5 Å². The predicted molar refractivity (Wildman–Crippen MR) is 100 cm³/mol. The fraction of sp³-hybridized carbons (Fsp3) is 0.368. The van der Waals surface area contributed by atoms with Gasteiger partial charge in [-0.3, -0.25) is 20.0 Å². The molecule has 35 heavy (non-hydrogen) atoms. The number of hydrogen-bond donors (Lipinski definition) is 1. The van der Waals surface area contributed by atoms with Crippen LogP contribution in [0.2, 0.25) is 0 Å². The molecule has 0 aliphatic rings. The number of aromatic nitrogens is 2. The largest absolute Gasteiger partial charge is 2.00 e. The SMILES string of the molecule is CC(=NCCCNCCN=C(C)c1ccccn1)c1ccccn1.[Cu+2].[O-][Cl+3]([O-])([O-])[O-].[O-][Cl+3]([O-])([O-])[O-]. The smallest absolute Gasteiger partial charge is 0.315 e. The first-order chi connectivity index (χ1) is 15.8. The van der Waals surface area contributed by atoms with Gasteiger partial charge < -0.3 is 5.32 Å². The number of rotatable bonds is 9. The Morgan fingerprint density at radius 1 is 0.714 bits per heavy atom. The van der Waals surface area contributed by atoms with Crippen molar-refractivity contribution >= 4 is 11.4 Å². The molecule has 199 valence electrons. The average molecular weight is 586 g/mol.